The highest BCUT2D eigenvalue weighted by Gasteiger charge is 2.03. The zero-order valence-corrected chi connectivity index (χ0v) is 14.0. The van der Waals surface area contributed by atoms with Crippen LogP contribution in [-0.2, 0) is 0 Å². The maximum atomic E-state index is 2.59. The van der Waals surface area contributed by atoms with E-state index in [-0.39, 0.29) is 0 Å². The minimum atomic E-state index is 1.25. The van der Waals surface area contributed by atoms with Gasteiger partial charge < -0.3 is 4.90 Å². The lowest BCUT2D eigenvalue weighted by molar-refractivity contribution is 0.355. The molecule has 0 atom stereocenters. The van der Waals surface area contributed by atoms with Crippen LogP contribution in [0.25, 0.3) is 0 Å². The van der Waals surface area contributed by atoms with Crippen LogP contribution in [0.5, 0.6) is 0 Å². The monoisotopic (exact) mass is 267 g/mol. The predicted molar refractivity (Wildman–Crippen MR) is 88.5 cm³/mol. The summed E-state index contributed by atoms with van der Waals surface area (Å²) in [5.74, 6) is 0. The predicted octanol–water partition coefficient (Wildman–Crippen LogP) is 6.15. The summed E-state index contributed by atoms with van der Waals surface area (Å²) in [5.41, 5.74) is 1.69. The van der Waals surface area contributed by atoms with Crippen LogP contribution < -0.4 is 0 Å². The van der Waals surface area contributed by atoms with Crippen LogP contribution in [0.1, 0.15) is 91.9 Å². The Kier molecular flexibility index (Phi) is 13.6. The molecule has 0 heterocycles. The van der Waals surface area contributed by atoms with Gasteiger partial charge in [-0.25, -0.2) is 0 Å². The van der Waals surface area contributed by atoms with Crippen molar-refractivity contribution in [2.75, 3.05) is 13.1 Å². The maximum Gasteiger partial charge on any atom is 0.0172 e. The van der Waals surface area contributed by atoms with E-state index in [9.17, 15) is 0 Å². The normalized spacial score (nSPS) is 10.5. The Bertz CT molecular complexity index is 190. The van der Waals surface area contributed by atoms with E-state index < -0.39 is 0 Å². The molecule has 0 saturated carbocycles. The molecule has 0 aromatic rings. The molecule has 0 rings (SSSR count). The van der Waals surface area contributed by atoms with E-state index >= 15 is 0 Å². The van der Waals surface area contributed by atoms with Gasteiger partial charge >= 0.3 is 0 Å². The SMILES string of the molecule is CCCCC(=CN(CCCC)CCCC)CCCC. The Morgan fingerprint density at radius 2 is 1.11 bits per heavy atom. The van der Waals surface area contributed by atoms with Crippen molar-refractivity contribution in [3.8, 4) is 0 Å². The molecule has 0 amide bonds. The van der Waals surface area contributed by atoms with E-state index in [1.807, 2.05) is 0 Å². The van der Waals surface area contributed by atoms with Crippen molar-refractivity contribution in [1.82, 2.24) is 4.90 Å². The van der Waals surface area contributed by atoms with Crippen molar-refractivity contribution in [2.45, 2.75) is 91.9 Å². The third kappa shape index (κ3) is 11.1. The van der Waals surface area contributed by atoms with E-state index in [1.165, 1.54) is 77.3 Å². The lowest BCUT2D eigenvalue weighted by atomic mass is 10.0. The van der Waals surface area contributed by atoms with Gasteiger partial charge in [0.2, 0.25) is 0 Å². The highest BCUT2D eigenvalue weighted by Crippen LogP contribution is 2.16. The topological polar surface area (TPSA) is 3.24 Å². The number of unbranched alkanes of at least 4 members (excludes halogenated alkanes) is 4. The molecule has 0 aliphatic carbocycles. The number of rotatable bonds is 13. The van der Waals surface area contributed by atoms with Gasteiger partial charge in [0, 0.05) is 13.1 Å². The van der Waals surface area contributed by atoms with Gasteiger partial charge in [-0.15, -0.1) is 0 Å². The van der Waals surface area contributed by atoms with Gasteiger partial charge in [-0.05, 0) is 44.7 Å². The highest BCUT2D eigenvalue weighted by molar-refractivity contribution is 5.01. The molecule has 1 heteroatoms. The molecule has 0 aliphatic rings. The molecule has 114 valence electrons. The Balaban J connectivity index is 4.44. The second-order valence-corrected chi connectivity index (χ2v) is 5.74. The number of hydrogen-bond acceptors (Lipinski definition) is 1. The van der Waals surface area contributed by atoms with Gasteiger partial charge in [-0.1, -0.05) is 59.0 Å². The molecule has 0 saturated heterocycles. The largest absolute Gasteiger partial charge is 0.377 e. The first kappa shape index (κ1) is 18.5. The summed E-state index contributed by atoms with van der Waals surface area (Å²) in [4.78, 5) is 2.59. The third-order valence-corrected chi connectivity index (χ3v) is 3.67. The van der Waals surface area contributed by atoms with Crippen LogP contribution in [0, 0.1) is 0 Å². The van der Waals surface area contributed by atoms with Crippen LogP contribution >= 0.6 is 0 Å². The van der Waals surface area contributed by atoms with Crippen LogP contribution in [0.15, 0.2) is 11.8 Å². The summed E-state index contributed by atoms with van der Waals surface area (Å²) in [7, 11) is 0. The third-order valence-electron chi connectivity index (χ3n) is 3.67. The molecule has 0 radical (unpaired) electrons. The summed E-state index contributed by atoms with van der Waals surface area (Å²) < 4.78 is 0. The fourth-order valence-electron chi connectivity index (χ4n) is 2.28. The molecule has 0 bridgehead atoms. The number of allylic oxidation sites excluding steroid dienone is 1. The molecule has 0 aromatic heterocycles. The fraction of sp³-hybridized carbons (Fsp3) is 0.889. The smallest absolute Gasteiger partial charge is 0.0172 e. The summed E-state index contributed by atoms with van der Waals surface area (Å²) in [6.07, 6.45) is 15.7. The molecule has 19 heavy (non-hydrogen) atoms. The summed E-state index contributed by atoms with van der Waals surface area (Å²) >= 11 is 0. The quantitative estimate of drug-likeness (QED) is 0.386. The molecule has 0 fully saturated rings. The zero-order valence-electron chi connectivity index (χ0n) is 14.0. The van der Waals surface area contributed by atoms with Gasteiger partial charge in [0.15, 0.2) is 0 Å². The first-order valence-corrected chi connectivity index (χ1v) is 8.71. The van der Waals surface area contributed by atoms with Gasteiger partial charge in [0.1, 0.15) is 0 Å². The maximum absolute atomic E-state index is 2.59. The zero-order chi connectivity index (χ0) is 14.3. The number of nitrogens with zero attached hydrogens (tertiary/aromatic N) is 1. The lowest BCUT2D eigenvalue weighted by Gasteiger charge is -2.22. The summed E-state index contributed by atoms with van der Waals surface area (Å²) in [6, 6.07) is 0. The van der Waals surface area contributed by atoms with Crippen molar-refractivity contribution in [3.05, 3.63) is 11.8 Å². The lowest BCUT2D eigenvalue weighted by Crippen LogP contribution is -2.20. The van der Waals surface area contributed by atoms with E-state index in [0.29, 0.717) is 0 Å². The van der Waals surface area contributed by atoms with Gasteiger partial charge in [0.25, 0.3) is 0 Å². The second kappa shape index (κ2) is 14.0. The van der Waals surface area contributed by atoms with Gasteiger partial charge in [-0.2, -0.15) is 0 Å². The average Bonchev–Trinajstić information content (AvgIpc) is 2.44. The van der Waals surface area contributed by atoms with Crippen molar-refractivity contribution >= 4 is 0 Å². The molecule has 0 N–H and O–H groups in total. The Labute approximate surface area is 122 Å². The van der Waals surface area contributed by atoms with Crippen LogP contribution in [-0.4, -0.2) is 18.0 Å². The van der Waals surface area contributed by atoms with Gasteiger partial charge in [-0.3, -0.25) is 0 Å². The molecular weight excluding hydrogens is 230 g/mol. The Morgan fingerprint density at radius 3 is 1.47 bits per heavy atom. The second-order valence-electron chi connectivity index (χ2n) is 5.74. The minimum absolute atomic E-state index is 1.25. The first-order valence-electron chi connectivity index (χ1n) is 8.71. The van der Waals surface area contributed by atoms with Crippen molar-refractivity contribution in [1.29, 1.82) is 0 Å². The summed E-state index contributed by atoms with van der Waals surface area (Å²) in [6.45, 7) is 11.7. The molecule has 0 aromatic carbocycles. The van der Waals surface area contributed by atoms with Crippen molar-refractivity contribution < 1.29 is 0 Å². The fourth-order valence-corrected chi connectivity index (χ4v) is 2.28. The number of hydrogen-bond donors (Lipinski definition) is 0. The molecule has 0 unspecified atom stereocenters. The van der Waals surface area contributed by atoms with E-state index in [0.717, 1.165) is 0 Å². The van der Waals surface area contributed by atoms with Crippen LogP contribution in [0.3, 0.4) is 0 Å². The molecule has 1 nitrogen and oxygen atoms in total. The average molecular weight is 268 g/mol. The van der Waals surface area contributed by atoms with E-state index in [1.54, 1.807) is 5.57 Å². The van der Waals surface area contributed by atoms with Crippen LogP contribution in [0.2, 0.25) is 0 Å². The standard InChI is InChI=1S/C18H37N/c1-5-9-13-18(14-10-6-2)17-19(15-11-7-3)16-12-8-4/h17H,5-16H2,1-4H3. The van der Waals surface area contributed by atoms with Crippen molar-refractivity contribution in [2.24, 2.45) is 0 Å². The summed E-state index contributed by atoms with van der Waals surface area (Å²) in [5, 5.41) is 0. The molecular formula is C18H37N. The van der Waals surface area contributed by atoms with E-state index in [2.05, 4.69) is 38.8 Å². The molecule has 0 spiro atoms. The van der Waals surface area contributed by atoms with Crippen molar-refractivity contribution in [3.63, 3.8) is 0 Å². The van der Waals surface area contributed by atoms with Gasteiger partial charge in [0.05, 0.1) is 0 Å². The van der Waals surface area contributed by atoms with E-state index in [4.69, 9.17) is 0 Å². The van der Waals surface area contributed by atoms with Crippen LogP contribution in [0.4, 0.5) is 0 Å². The minimum Gasteiger partial charge on any atom is -0.377 e. The molecule has 0 aliphatic heterocycles. The Morgan fingerprint density at radius 1 is 0.684 bits per heavy atom. The Hall–Kier alpha value is -0.460. The highest BCUT2D eigenvalue weighted by atomic mass is 15.1. The first-order chi connectivity index (χ1) is 9.28.